The monoisotopic (exact) mass is 194 g/mol. The Labute approximate surface area is 84.7 Å². The minimum Gasteiger partial charge on any atom is -0.314 e. The fourth-order valence-electron chi connectivity index (χ4n) is 1.50. The van der Waals surface area contributed by atoms with Crippen molar-refractivity contribution < 1.29 is 0 Å². The molecule has 1 aromatic heterocycles. The molecule has 0 radical (unpaired) electrons. The maximum Gasteiger partial charge on any atom is 0.137 e. The first-order chi connectivity index (χ1) is 6.77. The zero-order chi connectivity index (χ0) is 9.97. The number of aromatic nitrogens is 3. The minimum atomic E-state index is 0.420. The predicted molar refractivity (Wildman–Crippen MR) is 54.9 cm³/mol. The summed E-state index contributed by atoms with van der Waals surface area (Å²) >= 11 is 0. The summed E-state index contributed by atoms with van der Waals surface area (Å²) in [6.45, 7) is 5.52. The van der Waals surface area contributed by atoms with Gasteiger partial charge in [0.15, 0.2) is 0 Å². The second kappa shape index (κ2) is 4.09. The van der Waals surface area contributed by atoms with Gasteiger partial charge in [0.25, 0.3) is 0 Å². The van der Waals surface area contributed by atoms with Crippen LogP contribution in [0.3, 0.4) is 0 Å². The molecule has 14 heavy (non-hydrogen) atoms. The highest BCUT2D eigenvalue weighted by Gasteiger charge is 2.22. The Kier molecular flexibility index (Phi) is 2.82. The van der Waals surface area contributed by atoms with Crippen LogP contribution in [0.2, 0.25) is 0 Å². The van der Waals surface area contributed by atoms with Gasteiger partial charge >= 0.3 is 0 Å². The molecule has 1 aliphatic carbocycles. The molecule has 2 atom stereocenters. The van der Waals surface area contributed by atoms with Crippen molar-refractivity contribution in [3.05, 3.63) is 12.7 Å². The minimum absolute atomic E-state index is 0.420. The van der Waals surface area contributed by atoms with Gasteiger partial charge in [-0.05, 0) is 32.2 Å². The Hall–Kier alpha value is -0.900. The topological polar surface area (TPSA) is 42.7 Å². The molecule has 78 valence electrons. The largest absolute Gasteiger partial charge is 0.314 e. The van der Waals surface area contributed by atoms with Gasteiger partial charge in [-0.25, -0.2) is 9.67 Å². The van der Waals surface area contributed by atoms with E-state index in [1.54, 1.807) is 12.7 Å². The van der Waals surface area contributed by atoms with Crippen molar-refractivity contribution in [3.63, 3.8) is 0 Å². The average molecular weight is 194 g/mol. The van der Waals surface area contributed by atoms with Crippen LogP contribution in [-0.4, -0.2) is 27.4 Å². The van der Waals surface area contributed by atoms with Crippen LogP contribution in [0, 0.1) is 5.92 Å². The lowest BCUT2D eigenvalue weighted by Gasteiger charge is -2.20. The molecule has 2 unspecified atom stereocenters. The molecule has 1 fully saturated rings. The highest BCUT2D eigenvalue weighted by atomic mass is 15.3. The molecule has 0 saturated heterocycles. The van der Waals surface area contributed by atoms with Crippen LogP contribution < -0.4 is 5.32 Å². The van der Waals surface area contributed by atoms with Crippen LogP contribution in [-0.2, 0) is 0 Å². The van der Waals surface area contributed by atoms with E-state index in [1.165, 1.54) is 12.8 Å². The van der Waals surface area contributed by atoms with Crippen molar-refractivity contribution >= 4 is 0 Å². The van der Waals surface area contributed by atoms with Gasteiger partial charge < -0.3 is 5.32 Å². The zero-order valence-electron chi connectivity index (χ0n) is 8.85. The van der Waals surface area contributed by atoms with Gasteiger partial charge in [0, 0.05) is 6.04 Å². The van der Waals surface area contributed by atoms with Gasteiger partial charge in [0.1, 0.15) is 12.7 Å². The summed E-state index contributed by atoms with van der Waals surface area (Å²) in [6.07, 6.45) is 6.09. The second-order valence-corrected chi connectivity index (χ2v) is 4.28. The van der Waals surface area contributed by atoms with E-state index in [0.717, 1.165) is 12.6 Å². The van der Waals surface area contributed by atoms with Crippen molar-refractivity contribution in [2.45, 2.75) is 38.8 Å². The Morgan fingerprint density at radius 2 is 2.29 bits per heavy atom. The number of nitrogens with zero attached hydrogens (tertiary/aromatic N) is 3. The van der Waals surface area contributed by atoms with Crippen LogP contribution in [0.25, 0.3) is 0 Å². The van der Waals surface area contributed by atoms with Crippen LogP contribution in [0.5, 0.6) is 0 Å². The average Bonchev–Trinajstić information content (AvgIpc) is 2.86. The van der Waals surface area contributed by atoms with Crippen molar-refractivity contribution in [1.82, 2.24) is 20.1 Å². The Bertz CT molecular complexity index is 266. The molecule has 4 heteroatoms. The molecule has 0 amide bonds. The van der Waals surface area contributed by atoms with E-state index in [-0.39, 0.29) is 0 Å². The van der Waals surface area contributed by atoms with E-state index in [2.05, 4.69) is 29.2 Å². The molecule has 1 heterocycles. The van der Waals surface area contributed by atoms with E-state index in [4.69, 9.17) is 0 Å². The molecule has 0 aliphatic heterocycles. The van der Waals surface area contributed by atoms with Gasteiger partial charge in [-0.2, -0.15) is 5.10 Å². The Morgan fingerprint density at radius 3 is 2.86 bits per heavy atom. The van der Waals surface area contributed by atoms with E-state index in [0.29, 0.717) is 12.0 Å². The normalized spacial score (nSPS) is 20.7. The summed E-state index contributed by atoms with van der Waals surface area (Å²) in [5, 5.41) is 7.70. The quantitative estimate of drug-likeness (QED) is 0.766. The van der Waals surface area contributed by atoms with Crippen LogP contribution in [0.1, 0.15) is 32.7 Å². The molecular formula is C10H18N4. The third-order valence-corrected chi connectivity index (χ3v) is 2.98. The summed E-state index contributed by atoms with van der Waals surface area (Å²) < 4.78 is 1.93. The Morgan fingerprint density at radius 1 is 1.50 bits per heavy atom. The number of rotatable bonds is 5. The second-order valence-electron chi connectivity index (χ2n) is 4.28. The van der Waals surface area contributed by atoms with E-state index < -0.39 is 0 Å². The third kappa shape index (κ3) is 2.32. The number of hydrogen-bond donors (Lipinski definition) is 1. The number of hydrogen-bond acceptors (Lipinski definition) is 3. The SMILES string of the molecule is CC(CNC1CC1)C(C)n1cncn1. The van der Waals surface area contributed by atoms with Gasteiger partial charge in [0.05, 0.1) is 6.04 Å². The molecule has 1 aromatic rings. The maximum atomic E-state index is 4.16. The molecular weight excluding hydrogens is 176 g/mol. The molecule has 1 saturated carbocycles. The maximum absolute atomic E-state index is 4.16. The first-order valence-corrected chi connectivity index (χ1v) is 5.35. The van der Waals surface area contributed by atoms with Crippen molar-refractivity contribution in [3.8, 4) is 0 Å². The zero-order valence-corrected chi connectivity index (χ0v) is 8.85. The van der Waals surface area contributed by atoms with Crippen LogP contribution in [0.15, 0.2) is 12.7 Å². The molecule has 4 nitrogen and oxygen atoms in total. The first kappa shape index (κ1) is 9.65. The fraction of sp³-hybridized carbons (Fsp3) is 0.800. The standard InChI is InChI=1S/C10H18N4/c1-8(5-12-10-3-4-10)9(2)14-7-11-6-13-14/h6-10,12H,3-5H2,1-2H3. The fourth-order valence-corrected chi connectivity index (χ4v) is 1.50. The molecule has 0 bridgehead atoms. The predicted octanol–water partition coefficient (Wildman–Crippen LogP) is 1.23. The van der Waals surface area contributed by atoms with E-state index in [9.17, 15) is 0 Å². The van der Waals surface area contributed by atoms with Crippen molar-refractivity contribution in [2.24, 2.45) is 5.92 Å². The summed E-state index contributed by atoms with van der Waals surface area (Å²) in [7, 11) is 0. The summed E-state index contributed by atoms with van der Waals surface area (Å²) in [6, 6.07) is 1.21. The lowest BCUT2D eigenvalue weighted by Crippen LogP contribution is -2.28. The van der Waals surface area contributed by atoms with Crippen LogP contribution in [0.4, 0.5) is 0 Å². The summed E-state index contributed by atoms with van der Waals surface area (Å²) in [4.78, 5) is 3.96. The molecule has 0 spiro atoms. The lowest BCUT2D eigenvalue weighted by molar-refractivity contribution is 0.335. The molecule has 0 aromatic carbocycles. The number of nitrogens with one attached hydrogen (secondary N) is 1. The van der Waals surface area contributed by atoms with E-state index in [1.807, 2.05) is 4.68 Å². The van der Waals surface area contributed by atoms with Gasteiger partial charge in [0.2, 0.25) is 0 Å². The molecule has 1 aliphatic rings. The first-order valence-electron chi connectivity index (χ1n) is 5.35. The highest BCUT2D eigenvalue weighted by molar-refractivity contribution is 4.82. The van der Waals surface area contributed by atoms with Gasteiger partial charge in [-0.1, -0.05) is 6.92 Å². The van der Waals surface area contributed by atoms with Gasteiger partial charge in [-0.15, -0.1) is 0 Å². The summed E-state index contributed by atoms with van der Waals surface area (Å²) in [5.74, 6) is 0.595. The Balaban J connectivity index is 1.80. The van der Waals surface area contributed by atoms with Gasteiger partial charge in [-0.3, -0.25) is 0 Å². The van der Waals surface area contributed by atoms with Crippen molar-refractivity contribution in [2.75, 3.05) is 6.54 Å². The lowest BCUT2D eigenvalue weighted by atomic mass is 10.0. The van der Waals surface area contributed by atoms with E-state index >= 15 is 0 Å². The molecule has 1 N–H and O–H groups in total. The smallest absolute Gasteiger partial charge is 0.137 e. The third-order valence-electron chi connectivity index (χ3n) is 2.98. The summed E-state index contributed by atoms with van der Waals surface area (Å²) in [5.41, 5.74) is 0. The van der Waals surface area contributed by atoms with Crippen LogP contribution >= 0.6 is 0 Å². The van der Waals surface area contributed by atoms with Crippen molar-refractivity contribution in [1.29, 1.82) is 0 Å². The molecule has 2 rings (SSSR count). The highest BCUT2D eigenvalue weighted by Crippen LogP contribution is 2.21.